The van der Waals surface area contributed by atoms with Crippen LogP contribution in [0.15, 0.2) is 18.5 Å². The van der Waals surface area contributed by atoms with Crippen LogP contribution in [0.25, 0.3) is 0 Å². The molecule has 1 heterocycles. The number of carbonyl (C=O) groups is 2. The fourth-order valence-corrected chi connectivity index (χ4v) is 1.58. The average molecular weight is 282 g/mol. The van der Waals surface area contributed by atoms with Gasteiger partial charge >= 0.3 is 5.97 Å². The van der Waals surface area contributed by atoms with E-state index in [2.05, 4.69) is 9.72 Å². The van der Waals surface area contributed by atoms with Gasteiger partial charge in [-0.25, -0.2) is 0 Å². The average Bonchev–Trinajstić information content (AvgIpc) is 2.47. The number of amides is 1. The molecular formula is C13H18N2O5. The molecule has 0 radical (unpaired) electrons. The number of nitrogens with zero attached hydrogens (tertiary/aromatic N) is 2. The van der Waals surface area contributed by atoms with Crippen LogP contribution >= 0.6 is 0 Å². The van der Waals surface area contributed by atoms with E-state index in [1.54, 1.807) is 0 Å². The molecule has 1 amide bonds. The van der Waals surface area contributed by atoms with Gasteiger partial charge in [-0.2, -0.15) is 0 Å². The van der Waals surface area contributed by atoms with E-state index in [0.717, 1.165) is 0 Å². The van der Waals surface area contributed by atoms with Gasteiger partial charge in [0, 0.05) is 26.4 Å². The Hall–Kier alpha value is -2.15. The lowest BCUT2D eigenvalue weighted by Gasteiger charge is -2.22. The van der Waals surface area contributed by atoms with Crippen molar-refractivity contribution < 1.29 is 24.2 Å². The van der Waals surface area contributed by atoms with E-state index in [1.165, 1.54) is 37.6 Å². The third kappa shape index (κ3) is 4.51. The molecule has 7 heteroatoms. The maximum absolute atomic E-state index is 12.3. The summed E-state index contributed by atoms with van der Waals surface area (Å²) in [5.74, 6) is -0.983. The molecule has 0 aliphatic carbocycles. The lowest BCUT2D eigenvalue weighted by molar-refractivity contribution is -0.140. The molecule has 0 aliphatic heterocycles. The van der Waals surface area contributed by atoms with E-state index in [-0.39, 0.29) is 30.2 Å². The fraction of sp³-hybridized carbons (Fsp3) is 0.462. The number of aromatic nitrogens is 1. The highest BCUT2D eigenvalue weighted by Gasteiger charge is 2.19. The van der Waals surface area contributed by atoms with Gasteiger partial charge in [-0.3, -0.25) is 14.6 Å². The maximum Gasteiger partial charge on any atom is 0.307 e. The molecule has 0 saturated heterocycles. The Bertz CT molecular complexity index is 464. The lowest BCUT2D eigenvalue weighted by Crippen LogP contribution is -2.35. The second-order valence-corrected chi connectivity index (χ2v) is 4.00. The number of hydrogen-bond acceptors (Lipinski definition) is 6. The highest BCUT2D eigenvalue weighted by Crippen LogP contribution is 2.16. The van der Waals surface area contributed by atoms with Crippen molar-refractivity contribution in [2.75, 3.05) is 33.9 Å². The van der Waals surface area contributed by atoms with E-state index < -0.39 is 5.97 Å². The molecule has 7 nitrogen and oxygen atoms in total. The molecule has 0 fully saturated rings. The zero-order valence-corrected chi connectivity index (χ0v) is 11.5. The number of methoxy groups -OCH3 is 2. The third-order valence-corrected chi connectivity index (χ3v) is 2.70. The fourth-order valence-electron chi connectivity index (χ4n) is 1.58. The van der Waals surface area contributed by atoms with Crippen molar-refractivity contribution in [3.8, 4) is 5.75 Å². The molecule has 0 atom stereocenters. The monoisotopic (exact) mass is 282 g/mol. The first-order chi connectivity index (χ1) is 9.60. The van der Waals surface area contributed by atoms with Crippen molar-refractivity contribution in [2.24, 2.45) is 0 Å². The minimum absolute atomic E-state index is 0.0812. The Morgan fingerprint density at radius 3 is 2.70 bits per heavy atom. The van der Waals surface area contributed by atoms with Crippen LogP contribution in [-0.2, 0) is 14.3 Å². The molecule has 1 aromatic rings. The van der Waals surface area contributed by atoms with Crippen LogP contribution in [0.1, 0.15) is 16.8 Å². The predicted molar refractivity (Wildman–Crippen MR) is 70.3 cm³/mol. The molecule has 1 aromatic heterocycles. The molecule has 1 rings (SSSR count). The number of esters is 1. The van der Waals surface area contributed by atoms with Crippen molar-refractivity contribution in [1.29, 1.82) is 0 Å². The Morgan fingerprint density at radius 2 is 2.10 bits per heavy atom. The summed E-state index contributed by atoms with van der Waals surface area (Å²) in [4.78, 5) is 28.6. The molecule has 20 heavy (non-hydrogen) atoms. The summed E-state index contributed by atoms with van der Waals surface area (Å²) in [5.41, 5.74) is 0.140. The van der Waals surface area contributed by atoms with E-state index in [9.17, 15) is 14.7 Å². The van der Waals surface area contributed by atoms with Gasteiger partial charge in [-0.15, -0.1) is 0 Å². The number of carbonyl (C=O) groups excluding carboxylic acids is 2. The smallest absolute Gasteiger partial charge is 0.307 e. The Kier molecular flexibility index (Phi) is 6.45. The van der Waals surface area contributed by atoms with Crippen molar-refractivity contribution in [3.63, 3.8) is 0 Å². The summed E-state index contributed by atoms with van der Waals surface area (Å²) in [6, 6.07) is 1.43. The zero-order chi connectivity index (χ0) is 15.0. The first-order valence-corrected chi connectivity index (χ1v) is 6.08. The van der Waals surface area contributed by atoms with Gasteiger partial charge in [-0.1, -0.05) is 0 Å². The van der Waals surface area contributed by atoms with Gasteiger partial charge in [0.15, 0.2) is 0 Å². The second-order valence-electron chi connectivity index (χ2n) is 4.00. The van der Waals surface area contributed by atoms with Gasteiger partial charge in [0.05, 0.1) is 31.9 Å². The Labute approximate surface area is 117 Å². The minimum Gasteiger partial charge on any atom is -0.505 e. The summed E-state index contributed by atoms with van der Waals surface area (Å²) in [7, 11) is 2.81. The van der Waals surface area contributed by atoms with Crippen LogP contribution in [0.4, 0.5) is 0 Å². The zero-order valence-electron chi connectivity index (χ0n) is 11.5. The van der Waals surface area contributed by atoms with E-state index in [1.807, 2.05) is 0 Å². The Balaban J connectivity index is 2.78. The summed E-state index contributed by atoms with van der Waals surface area (Å²) in [5, 5.41) is 9.65. The van der Waals surface area contributed by atoms with Crippen LogP contribution in [0, 0.1) is 0 Å². The molecule has 110 valence electrons. The molecule has 0 aliphatic rings. The van der Waals surface area contributed by atoms with Gasteiger partial charge in [0.1, 0.15) is 5.75 Å². The van der Waals surface area contributed by atoms with E-state index in [0.29, 0.717) is 13.2 Å². The standard InChI is InChI=1S/C13H18N2O5/c1-19-8-7-15(6-4-12(17)20-2)13(18)10-3-5-14-9-11(10)16/h3,5,9,16H,4,6-8H2,1-2H3. The minimum atomic E-state index is -0.404. The van der Waals surface area contributed by atoms with Crippen LogP contribution < -0.4 is 0 Å². The number of pyridine rings is 1. The summed E-state index contributed by atoms with van der Waals surface area (Å²) in [6.45, 7) is 0.837. The molecule has 1 N–H and O–H groups in total. The van der Waals surface area contributed by atoms with Crippen LogP contribution in [0.3, 0.4) is 0 Å². The highest BCUT2D eigenvalue weighted by molar-refractivity contribution is 5.96. The summed E-state index contributed by atoms with van der Waals surface area (Å²) < 4.78 is 9.48. The van der Waals surface area contributed by atoms with Crippen molar-refractivity contribution in [2.45, 2.75) is 6.42 Å². The quantitative estimate of drug-likeness (QED) is 0.730. The number of aromatic hydroxyl groups is 1. The number of rotatable bonds is 7. The Morgan fingerprint density at radius 1 is 1.35 bits per heavy atom. The third-order valence-electron chi connectivity index (χ3n) is 2.70. The number of ether oxygens (including phenoxy) is 2. The largest absolute Gasteiger partial charge is 0.505 e. The molecular weight excluding hydrogens is 264 g/mol. The first kappa shape index (κ1) is 15.9. The summed E-state index contributed by atoms with van der Waals surface area (Å²) in [6.07, 6.45) is 2.70. The van der Waals surface area contributed by atoms with E-state index in [4.69, 9.17) is 4.74 Å². The molecule has 0 saturated carbocycles. The topological polar surface area (TPSA) is 89.0 Å². The number of hydrogen-bond donors (Lipinski definition) is 1. The molecule has 0 bridgehead atoms. The van der Waals surface area contributed by atoms with Crippen LogP contribution in [-0.4, -0.2) is 60.8 Å². The summed E-state index contributed by atoms with van der Waals surface area (Å²) >= 11 is 0. The van der Waals surface area contributed by atoms with Gasteiger partial charge in [0.2, 0.25) is 0 Å². The normalized spacial score (nSPS) is 10.1. The van der Waals surface area contributed by atoms with Crippen LogP contribution in [0.5, 0.6) is 5.75 Å². The highest BCUT2D eigenvalue weighted by atomic mass is 16.5. The lowest BCUT2D eigenvalue weighted by atomic mass is 10.2. The predicted octanol–water partition coefficient (Wildman–Crippen LogP) is 0.439. The van der Waals surface area contributed by atoms with Crippen molar-refractivity contribution >= 4 is 11.9 Å². The van der Waals surface area contributed by atoms with Crippen molar-refractivity contribution in [1.82, 2.24) is 9.88 Å². The van der Waals surface area contributed by atoms with E-state index >= 15 is 0 Å². The first-order valence-electron chi connectivity index (χ1n) is 6.08. The molecule has 0 aromatic carbocycles. The van der Waals surface area contributed by atoms with Crippen molar-refractivity contribution in [3.05, 3.63) is 24.0 Å². The molecule has 0 unspecified atom stereocenters. The van der Waals surface area contributed by atoms with Gasteiger partial charge in [0.25, 0.3) is 5.91 Å². The molecule has 0 spiro atoms. The SMILES string of the molecule is COCCN(CCC(=O)OC)C(=O)c1ccncc1O. The van der Waals surface area contributed by atoms with Gasteiger partial charge < -0.3 is 19.5 Å². The van der Waals surface area contributed by atoms with Crippen LogP contribution in [0.2, 0.25) is 0 Å². The maximum atomic E-state index is 12.3. The second kappa shape index (κ2) is 8.11. The van der Waals surface area contributed by atoms with Gasteiger partial charge in [-0.05, 0) is 6.07 Å².